The lowest BCUT2D eigenvalue weighted by Gasteiger charge is -2.33. The van der Waals surface area contributed by atoms with Gasteiger partial charge in [-0.1, -0.05) is 31.6 Å². The maximum absolute atomic E-state index is 11.5. The Bertz CT molecular complexity index is 448. The number of esters is 1. The lowest BCUT2D eigenvalue weighted by Crippen LogP contribution is -2.19. The van der Waals surface area contributed by atoms with Crippen molar-refractivity contribution < 1.29 is 9.53 Å². The molecule has 0 N–H and O–H groups in total. The SMILES string of the molecule is COC(=O)/C(C)=C(C)\C=C\C1=C(C)CCCC1(C)C. The molecule has 0 saturated carbocycles. The van der Waals surface area contributed by atoms with Gasteiger partial charge in [0.2, 0.25) is 0 Å². The fourth-order valence-corrected chi connectivity index (χ4v) is 2.66. The van der Waals surface area contributed by atoms with Crippen molar-refractivity contribution in [1.82, 2.24) is 0 Å². The molecule has 2 heteroatoms. The molecule has 0 bridgehead atoms. The minimum atomic E-state index is -0.254. The van der Waals surface area contributed by atoms with Gasteiger partial charge in [-0.25, -0.2) is 4.79 Å². The van der Waals surface area contributed by atoms with Crippen LogP contribution in [0, 0.1) is 5.41 Å². The predicted octanol–water partition coefficient (Wildman–Crippen LogP) is 4.58. The average molecular weight is 262 g/mol. The van der Waals surface area contributed by atoms with E-state index in [0.717, 1.165) is 5.57 Å². The van der Waals surface area contributed by atoms with E-state index >= 15 is 0 Å². The van der Waals surface area contributed by atoms with E-state index < -0.39 is 0 Å². The second-order valence-electron chi connectivity index (χ2n) is 6.06. The zero-order valence-corrected chi connectivity index (χ0v) is 13.1. The van der Waals surface area contributed by atoms with Crippen molar-refractivity contribution in [1.29, 1.82) is 0 Å². The molecule has 0 amide bonds. The van der Waals surface area contributed by atoms with Gasteiger partial charge in [0.25, 0.3) is 0 Å². The highest BCUT2D eigenvalue weighted by molar-refractivity contribution is 5.89. The summed E-state index contributed by atoms with van der Waals surface area (Å²) in [6.45, 7) is 10.6. The summed E-state index contributed by atoms with van der Waals surface area (Å²) >= 11 is 0. The molecule has 1 rings (SSSR count). The molecule has 0 aromatic rings. The molecule has 19 heavy (non-hydrogen) atoms. The molecule has 1 aliphatic carbocycles. The fraction of sp³-hybridized carbons (Fsp3) is 0.588. The number of rotatable bonds is 3. The Morgan fingerprint density at radius 1 is 1.32 bits per heavy atom. The van der Waals surface area contributed by atoms with Gasteiger partial charge in [-0.2, -0.15) is 0 Å². The van der Waals surface area contributed by atoms with E-state index in [1.807, 2.05) is 13.0 Å². The lowest BCUT2D eigenvalue weighted by atomic mass is 9.72. The number of methoxy groups -OCH3 is 1. The van der Waals surface area contributed by atoms with E-state index in [4.69, 9.17) is 4.74 Å². The van der Waals surface area contributed by atoms with Gasteiger partial charge < -0.3 is 4.74 Å². The van der Waals surface area contributed by atoms with Crippen molar-refractivity contribution in [3.8, 4) is 0 Å². The van der Waals surface area contributed by atoms with Gasteiger partial charge in [-0.3, -0.25) is 0 Å². The highest BCUT2D eigenvalue weighted by Gasteiger charge is 2.26. The molecule has 106 valence electrons. The largest absolute Gasteiger partial charge is 0.466 e. The lowest BCUT2D eigenvalue weighted by molar-refractivity contribution is -0.136. The van der Waals surface area contributed by atoms with Crippen molar-refractivity contribution in [3.63, 3.8) is 0 Å². The van der Waals surface area contributed by atoms with Crippen LogP contribution in [0.3, 0.4) is 0 Å². The van der Waals surface area contributed by atoms with Crippen LogP contribution >= 0.6 is 0 Å². The minimum Gasteiger partial charge on any atom is -0.466 e. The average Bonchev–Trinajstić information content (AvgIpc) is 2.35. The summed E-state index contributed by atoms with van der Waals surface area (Å²) in [4.78, 5) is 11.5. The van der Waals surface area contributed by atoms with Crippen LogP contribution in [0.1, 0.15) is 53.9 Å². The molecule has 1 aliphatic rings. The van der Waals surface area contributed by atoms with E-state index in [1.165, 1.54) is 37.5 Å². The van der Waals surface area contributed by atoms with Crippen LogP contribution in [-0.2, 0) is 9.53 Å². The van der Waals surface area contributed by atoms with Gasteiger partial charge in [0.1, 0.15) is 0 Å². The van der Waals surface area contributed by atoms with E-state index in [0.29, 0.717) is 5.57 Å². The number of allylic oxidation sites excluding steroid dienone is 5. The molecular formula is C17H26O2. The van der Waals surface area contributed by atoms with E-state index in [9.17, 15) is 4.79 Å². The molecule has 0 saturated heterocycles. The van der Waals surface area contributed by atoms with Crippen LogP contribution < -0.4 is 0 Å². The van der Waals surface area contributed by atoms with Crippen LogP contribution in [0.25, 0.3) is 0 Å². The molecule has 2 nitrogen and oxygen atoms in total. The number of hydrogen-bond acceptors (Lipinski definition) is 2. The quantitative estimate of drug-likeness (QED) is 0.423. The molecule has 0 radical (unpaired) electrons. The highest BCUT2D eigenvalue weighted by atomic mass is 16.5. The van der Waals surface area contributed by atoms with Crippen LogP contribution in [0.2, 0.25) is 0 Å². The molecule has 0 unspecified atom stereocenters. The minimum absolute atomic E-state index is 0.234. The van der Waals surface area contributed by atoms with Gasteiger partial charge in [0.05, 0.1) is 7.11 Å². The van der Waals surface area contributed by atoms with Gasteiger partial charge >= 0.3 is 5.97 Å². The van der Waals surface area contributed by atoms with Crippen molar-refractivity contribution in [2.75, 3.05) is 7.11 Å². The van der Waals surface area contributed by atoms with Crippen LogP contribution in [0.15, 0.2) is 34.4 Å². The van der Waals surface area contributed by atoms with Crippen molar-refractivity contribution in [2.24, 2.45) is 5.41 Å². The Hall–Kier alpha value is -1.31. The maximum atomic E-state index is 11.5. The van der Waals surface area contributed by atoms with Gasteiger partial charge in [0.15, 0.2) is 0 Å². The zero-order chi connectivity index (χ0) is 14.6. The molecule has 0 spiro atoms. The fourth-order valence-electron chi connectivity index (χ4n) is 2.66. The van der Waals surface area contributed by atoms with Crippen LogP contribution in [0.4, 0.5) is 0 Å². The first-order valence-electron chi connectivity index (χ1n) is 6.93. The Balaban J connectivity index is 3.01. The Morgan fingerprint density at radius 2 is 1.95 bits per heavy atom. The zero-order valence-electron chi connectivity index (χ0n) is 13.1. The van der Waals surface area contributed by atoms with E-state index in [2.05, 4.69) is 26.8 Å². The van der Waals surface area contributed by atoms with Crippen LogP contribution in [-0.4, -0.2) is 13.1 Å². The number of carbonyl (C=O) groups excluding carboxylic acids is 1. The summed E-state index contributed by atoms with van der Waals surface area (Å²) in [5.74, 6) is -0.254. The number of ether oxygens (including phenoxy) is 1. The second-order valence-corrected chi connectivity index (χ2v) is 6.06. The summed E-state index contributed by atoms with van der Waals surface area (Å²) in [5, 5.41) is 0. The first-order chi connectivity index (χ1) is 8.79. The van der Waals surface area contributed by atoms with Gasteiger partial charge in [-0.05, 0) is 56.6 Å². The topological polar surface area (TPSA) is 26.3 Å². The standard InChI is InChI=1S/C17H26O2/c1-12(14(3)16(18)19-6)9-10-15-13(2)8-7-11-17(15,4)5/h9-10H,7-8,11H2,1-6H3/b10-9+,14-12-. The summed E-state index contributed by atoms with van der Waals surface area (Å²) < 4.78 is 4.74. The van der Waals surface area contributed by atoms with E-state index in [-0.39, 0.29) is 11.4 Å². The highest BCUT2D eigenvalue weighted by Crippen LogP contribution is 2.40. The van der Waals surface area contributed by atoms with Gasteiger partial charge in [0, 0.05) is 5.57 Å². The summed E-state index contributed by atoms with van der Waals surface area (Å²) in [6.07, 6.45) is 7.89. The van der Waals surface area contributed by atoms with Crippen LogP contribution in [0.5, 0.6) is 0 Å². The van der Waals surface area contributed by atoms with E-state index in [1.54, 1.807) is 6.92 Å². The molecule has 0 aromatic carbocycles. The molecule has 0 aromatic heterocycles. The van der Waals surface area contributed by atoms with Crippen molar-refractivity contribution >= 4 is 5.97 Å². The van der Waals surface area contributed by atoms with Gasteiger partial charge in [-0.15, -0.1) is 0 Å². The maximum Gasteiger partial charge on any atom is 0.333 e. The first-order valence-corrected chi connectivity index (χ1v) is 6.93. The normalized spacial score (nSPS) is 20.5. The molecular weight excluding hydrogens is 236 g/mol. The monoisotopic (exact) mass is 262 g/mol. The van der Waals surface area contributed by atoms with Crippen molar-refractivity contribution in [2.45, 2.75) is 53.9 Å². The molecule has 0 atom stereocenters. The third kappa shape index (κ3) is 3.82. The Morgan fingerprint density at radius 3 is 2.47 bits per heavy atom. The number of hydrogen-bond donors (Lipinski definition) is 0. The summed E-state index contributed by atoms with van der Waals surface area (Å²) in [7, 11) is 1.42. The first kappa shape index (κ1) is 15.7. The molecule has 0 aliphatic heterocycles. The Kier molecular flexibility index (Phi) is 5.16. The third-order valence-corrected chi connectivity index (χ3v) is 4.13. The third-order valence-electron chi connectivity index (χ3n) is 4.13. The summed E-state index contributed by atoms with van der Waals surface area (Å²) in [6, 6.07) is 0. The summed E-state index contributed by atoms with van der Waals surface area (Å²) in [5.41, 5.74) is 4.75. The second kappa shape index (κ2) is 6.23. The Labute approximate surface area is 117 Å². The van der Waals surface area contributed by atoms with Crippen molar-refractivity contribution in [3.05, 3.63) is 34.4 Å². The number of carbonyl (C=O) groups is 1. The molecule has 0 heterocycles. The smallest absolute Gasteiger partial charge is 0.333 e. The molecule has 0 fully saturated rings. The predicted molar refractivity (Wildman–Crippen MR) is 79.9 cm³/mol.